The Labute approximate surface area is 107 Å². The second kappa shape index (κ2) is 6.65. The van der Waals surface area contributed by atoms with Gasteiger partial charge in [-0.25, -0.2) is 0 Å². The summed E-state index contributed by atoms with van der Waals surface area (Å²) in [5, 5.41) is 9.00. The molecule has 0 aliphatic carbocycles. The van der Waals surface area contributed by atoms with Crippen LogP contribution in [0.5, 0.6) is 5.75 Å². The molecule has 4 nitrogen and oxygen atoms in total. The lowest BCUT2D eigenvalue weighted by atomic mass is 9.99. The maximum Gasteiger partial charge on any atom is 0.310 e. The van der Waals surface area contributed by atoms with E-state index in [9.17, 15) is 4.79 Å². The van der Waals surface area contributed by atoms with Crippen LogP contribution in [0.3, 0.4) is 0 Å². The van der Waals surface area contributed by atoms with E-state index in [2.05, 4.69) is 6.07 Å². The first-order chi connectivity index (χ1) is 8.65. The summed E-state index contributed by atoms with van der Waals surface area (Å²) in [7, 11) is 1.51. The SMILES string of the molecule is CCOC(=O)Cc1cc(OC)c(C#N)cc1CC. The molecule has 0 aliphatic heterocycles. The van der Waals surface area contributed by atoms with Crippen LogP contribution in [0.25, 0.3) is 0 Å². The van der Waals surface area contributed by atoms with Gasteiger partial charge in [-0.15, -0.1) is 0 Å². The number of esters is 1. The number of aryl methyl sites for hydroxylation is 1. The Morgan fingerprint density at radius 3 is 2.56 bits per heavy atom. The van der Waals surface area contributed by atoms with E-state index in [1.165, 1.54) is 7.11 Å². The highest BCUT2D eigenvalue weighted by Crippen LogP contribution is 2.24. The minimum absolute atomic E-state index is 0.207. The van der Waals surface area contributed by atoms with Crippen molar-refractivity contribution in [1.29, 1.82) is 5.26 Å². The standard InChI is InChI=1S/C14H17NO3/c1-4-10-6-12(9-15)13(17-3)7-11(10)8-14(16)18-5-2/h6-7H,4-5,8H2,1-3H3. The molecule has 0 bridgehead atoms. The van der Waals surface area contributed by atoms with Gasteiger partial charge in [-0.3, -0.25) is 4.79 Å². The van der Waals surface area contributed by atoms with Crippen molar-refractivity contribution in [3.8, 4) is 11.8 Å². The van der Waals surface area contributed by atoms with Gasteiger partial charge in [0.15, 0.2) is 0 Å². The summed E-state index contributed by atoms with van der Waals surface area (Å²) in [6.07, 6.45) is 0.965. The fourth-order valence-corrected chi connectivity index (χ4v) is 1.78. The van der Waals surface area contributed by atoms with Crippen LogP contribution in [0.15, 0.2) is 12.1 Å². The van der Waals surface area contributed by atoms with Crippen molar-refractivity contribution >= 4 is 5.97 Å². The summed E-state index contributed by atoms with van der Waals surface area (Å²) in [5.74, 6) is 0.230. The molecule has 18 heavy (non-hydrogen) atoms. The smallest absolute Gasteiger partial charge is 0.310 e. The van der Waals surface area contributed by atoms with Gasteiger partial charge in [-0.1, -0.05) is 6.92 Å². The van der Waals surface area contributed by atoms with Gasteiger partial charge in [0.2, 0.25) is 0 Å². The number of ether oxygens (including phenoxy) is 2. The van der Waals surface area contributed by atoms with Crippen molar-refractivity contribution in [2.24, 2.45) is 0 Å². The van der Waals surface area contributed by atoms with Crippen LogP contribution in [0.1, 0.15) is 30.5 Å². The van der Waals surface area contributed by atoms with Crippen molar-refractivity contribution in [1.82, 2.24) is 0 Å². The lowest BCUT2D eigenvalue weighted by molar-refractivity contribution is -0.142. The molecule has 1 rings (SSSR count). The maximum atomic E-state index is 11.5. The number of hydrogen-bond donors (Lipinski definition) is 0. The van der Waals surface area contributed by atoms with Gasteiger partial charge < -0.3 is 9.47 Å². The zero-order valence-electron chi connectivity index (χ0n) is 10.9. The molecule has 0 atom stereocenters. The van der Waals surface area contributed by atoms with Gasteiger partial charge in [0.25, 0.3) is 0 Å². The Morgan fingerprint density at radius 2 is 2.06 bits per heavy atom. The highest BCUT2D eigenvalue weighted by molar-refractivity contribution is 5.73. The third kappa shape index (κ3) is 3.24. The molecule has 0 saturated heterocycles. The van der Waals surface area contributed by atoms with Crippen LogP contribution >= 0.6 is 0 Å². The van der Waals surface area contributed by atoms with Crippen LogP contribution in [0.2, 0.25) is 0 Å². The average molecular weight is 247 g/mol. The lowest BCUT2D eigenvalue weighted by Gasteiger charge is -2.11. The van der Waals surface area contributed by atoms with E-state index in [4.69, 9.17) is 14.7 Å². The zero-order chi connectivity index (χ0) is 13.5. The molecule has 0 saturated carbocycles. The summed E-state index contributed by atoms with van der Waals surface area (Å²) in [5.41, 5.74) is 2.31. The molecule has 1 aromatic rings. The van der Waals surface area contributed by atoms with Gasteiger partial charge in [-0.05, 0) is 36.6 Å². The van der Waals surface area contributed by atoms with Crippen LogP contribution < -0.4 is 4.74 Å². The number of benzene rings is 1. The second-order valence-electron chi connectivity index (χ2n) is 3.77. The predicted molar refractivity (Wildman–Crippen MR) is 67.4 cm³/mol. The zero-order valence-corrected chi connectivity index (χ0v) is 10.9. The Balaban J connectivity index is 3.10. The van der Waals surface area contributed by atoms with E-state index in [-0.39, 0.29) is 12.4 Å². The van der Waals surface area contributed by atoms with Gasteiger partial charge in [-0.2, -0.15) is 5.26 Å². The maximum absolute atomic E-state index is 11.5. The van der Waals surface area contributed by atoms with Crippen LogP contribution in [-0.2, 0) is 22.4 Å². The van der Waals surface area contributed by atoms with E-state index in [1.54, 1.807) is 19.1 Å². The number of carbonyl (C=O) groups is 1. The number of rotatable bonds is 5. The quantitative estimate of drug-likeness (QED) is 0.749. The van der Waals surface area contributed by atoms with Gasteiger partial charge in [0.05, 0.1) is 25.7 Å². The van der Waals surface area contributed by atoms with Gasteiger partial charge >= 0.3 is 5.97 Å². The fourth-order valence-electron chi connectivity index (χ4n) is 1.78. The van der Waals surface area contributed by atoms with E-state index < -0.39 is 0 Å². The first-order valence-electron chi connectivity index (χ1n) is 5.91. The van der Waals surface area contributed by atoms with Crippen molar-refractivity contribution in [2.45, 2.75) is 26.7 Å². The highest BCUT2D eigenvalue weighted by atomic mass is 16.5. The largest absolute Gasteiger partial charge is 0.495 e. The Kier molecular flexibility index (Phi) is 5.19. The molecule has 0 N–H and O–H groups in total. The highest BCUT2D eigenvalue weighted by Gasteiger charge is 2.13. The topological polar surface area (TPSA) is 59.3 Å². The van der Waals surface area contributed by atoms with Gasteiger partial charge in [0.1, 0.15) is 11.8 Å². The van der Waals surface area contributed by atoms with E-state index in [0.717, 1.165) is 17.5 Å². The lowest BCUT2D eigenvalue weighted by Crippen LogP contribution is -2.09. The molecule has 1 aromatic carbocycles. The van der Waals surface area contributed by atoms with Crippen molar-refractivity contribution in [3.63, 3.8) is 0 Å². The van der Waals surface area contributed by atoms with E-state index in [1.807, 2.05) is 6.92 Å². The Morgan fingerprint density at radius 1 is 1.33 bits per heavy atom. The summed E-state index contributed by atoms with van der Waals surface area (Å²) in [4.78, 5) is 11.5. The summed E-state index contributed by atoms with van der Waals surface area (Å²) >= 11 is 0. The van der Waals surface area contributed by atoms with Crippen molar-refractivity contribution < 1.29 is 14.3 Å². The molecule has 0 radical (unpaired) electrons. The normalized spacial score (nSPS) is 9.67. The first kappa shape index (κ1) is 14.0. The second-order valence-corrected chi connectivity index (χ2v) is 3.77. The number of hydrogen-bond acceptors (Lipinski definition) is 4. The van der Waals surface area contributed by atoms with Gasteiger partial charge in [0, 0.05) is 0 Å². The first-order valence-corrected chi connectivity index (χ1v) is 5.91. The van der Waals surface area contributed by atoms with Crippen molar-refractivity contribution in [3.05, 3.63) is 28.8 Å². The molecule has 0 unspecified atom stereocenters. The minimum Gasteiger partial charge on any atom is -0.495 e. The van der Waals surface area contributed by atoms with Crippen LogP contribution in [0.4, 0.5) is 0 Å². The Hall–Kier alpha value is -2.02. The van der Waals surface area contributed by atoms with Crippen molar-refractivity contribution in [2.75, 3.05) is 13.7 Å². The third-order valence-electron chi connectivity index (χ3n) is 2.66. The molecule has 0 spiro atoms. The summed E-state index contributed by atoms with van der Waals surface area (Å²) in [6.45, 7) is 4.13. The molecular formula is C14H17NO3. The van der Waals surface area contributed by atoms with Crippen LogP contribution in [-0.4, -0.2) is 19.7 Å². The molecule has 0 aliphatic rings. The number of nitrogens with zero attached hydrogens (tertiary/aromatic N) is 1. The number of nitriles is 1. The summed E-state index contributed by atoms with van der Waals surface area (Å²) in [6, 6.07) is 5.60. The molecule has 96 valence electrons. The Bertz CT molecular complexity index is 475. The number of carbonyl (C=O) groups excluding carboxylic acids is 1. The molecule has 0 fully saturated rings. The van der Waals surface area contributed by atoms with Crippen LogP contribution in [0, 0.1) is 11.3 Å². The average Bonchev–Trinajstić information content (AvgIpc) is 2.38. The fraction of sp³-hybridized carbons (Fsp3) is 0.429. The minimum atomic E-state index is -0.265. The third-order valence-corrected chi connectivity index (χ3v) is 2.66. The molecular weight excluding hydrogens is 230 g/mol. The van der Waals surface area contributed by atoms with E-state index in [0.29, 0.717) is 17.9 Å². The number of methoxy groups -OCH3 is 1. The summed E-state index contributed by atoms with van der Waals surface area (Å²) < 4.78 is 10.1. The molecule has 4 heteroatoms. The predicted octanol–water partition coefficient (Wildman–Crippen LogP) is 2.23. The monoisotopic (exact) mass is 247 g/mol. The molecule has 0 amide bonds. The molecule has 0 aromatic heterocycles. The van der Waals surface area contributed by atoms with E-state index >= 15 is 0 Å². The molecule has 0 heterocycles.